The second kappa shape index (κ2) is 15.4. The minimum atomic E-state index is 0. The predicted octanol–water partition coefficient (Wildman–Crippen LogP) is 6.75. The van der Waals surface area contributed by atoms with Crippen molar-refractivity contribution in [1.29, 1.82) is 0 Å². The summed E-state index contributed by atoms with van der Waals surface area (Å²) in [4.78, 5) is 3.56. The number of hydrogen-bond acceptors (Lipinski definition) is 3. The van der Waals surface area contributed by atoms with Crippen molar-refractivity contribution in [1.82, 2.24) is 4.98 Å². The molecule has 8 heteroatoms. The van der Waals surface area contributed by atoms with E-state index < -0.39 is 0 Å². The number of nitrogens with two attached hydrogens (primary N) is 1. The fraction of sp³-hybridized carbons (Fsp3) is 0.147. The van der Waals surface area contributed by atoms with E-state index in [4.69, 9.17) is 23.2 Å². The van der Waals surface area contributed by atoms with Gasteiger partial charge in [0, 0.05) is 23.4 Å². The van der Waals surface area contributed by atoms with Crippen molar-refractivity contribution in [2.75, 3.05) is 6.54 Å². The Labute approximate surface area is 246 Å². The van der Waals surface area contributed by atoms with E-state index in [9.17, 15) is 0 Å². The van der Waals surface area contributed by atoms with Crippen molar-refractivity contribution in [3.63, 3.8) is 0 Å². The third kappa shape index (κ3) is 7.95. The van der Waals surface area contributed by atoms with Crippen LogP contribution in [-0.4, -0.2) is 30.2 Å². The van der Waals surface area contributed by atoms with Crippen molar-refractivity contribution in [3.05, 3.63) is 136 Å². The molecule has 0 atom stereocenters. The number of aromatic nitrogens is 1. The first-order valence-electron chi connectivity index (χ1n) is 13.4. The molecule has 0 saturated carbocycles. The first kappa shape index (κ1) is 31.8. The standard InChI is InChI=1S/C34H33BN3O2.2FH/c1-25-21-29(37-34(25)30(18-19-36)31-13-8-20-38(31)35)16-14-26-15-17-32(39-23-27-9-4-2-5-10-27)33(22-26)40-24-28-11-6-3-7-12-28;;/h2-17,20-22,37H,18-19,23-24,36H2,1H3;2*1H/q+1;;/b16-14+;;. The number of hydrogen-bond donors (Lipinski definition) is 2. The maximum atomic E-state index is 6.24. The summed E-state index contributed by atoms with van der Waals surface area (Å²) in [6.45, 7) is 3.56. The lowest BCUT2D eigenvalue weighted by Gasteiger charge is -2.14. The summed E-state index contributed by atoms with van der Waals surface area (Å²) in [5.74, 6) is 1.41. The topological polar surface area (TPSA) is 63.3 Å². The van der Waals surface area contributed by atoms with Gasteiger partial charge in [-0.05, 0) is 66.4 Å². The zero-order valence-corrected chi connectivity index (χ0v) is 23.5. The highest BCUT2D eigenvalue weighted by atomic mass is 19.0. The smallest absolute Gasteiger partial charge is 0.485 e. The largest absolute Gasteiger partial charge is 0.586 e. The molecule has 1 aliphatic rings. The van der Waals surface area contributed by atoms with Gasteiger partial charge in [0.25, 0.3) is 0 Å². The maximum Gasteiger partial charge on any atom is 0.586 e. The summed E-state index contributed by atoms with van der Waals surface area (Å²) < 4.78 is 14.0. The third-order valence-electron chi connectivity index (χ3n) is 6.72. The van der Waals surface area contributed by atoms with Gasteiger partial charge in [-0.2, -0.15) is 0 Å². The minimum Gasteiger partial charge on any atom is -0.485 e. The average molecular weight is 566 g/mol. The van der Waals surface area contributed by atoms with Crippen molar-refractivity contribution in [2.45, 2.75) is 26.6 Å². The fourth-order valence-electron chi connectivity index (χ4n) is 4.68. The van der Waals surface area contributed by atoms with E-state index >= 15 is 0 Å². The highest BCUT2D eigenvalue weighted by Crippen LogP contribution is 2.32. The number of halogens is 2. The summed E-state index contributed by atoms with van der Waals surface area (Å²) in [5.41, 5.74) is 14.4. The number of aromatic amines is 1. The van der Waals surface area contributed by atoms with E-state index in [0.717, 1.165) is 51.3 Å². The van der Waals surface area contributed by atoms with E-state index in [-0.39, 0.29) is 9.41 Å². The predicted molar refractivity (Wildman–Crippen MR) is 169 cm³/mol. The number of aryl methyl sites for hydroxylation is 1. The van der Waals surface area contributed by atoms with Crippen LogP contribution in [0.15, 0.2) is 103 Å². The van der Waals surface area contributed by atoms with Gasteiger partial charge in [-0.25, -0.2) is 0 Å². The molecule has 1 aliphatic heterocycles. The molecule has 2 radical (unpaired) electrons. The van der Waals surface area contributed by atoms with Crippen LogP contribution in [0.3, 0.4) is 0 Å². The molecule has 5 nitrogen and oxygen atoms in total. The molecule has 0 fully saturated rings. The number of nitrogens with one attached hydrogen (secondary N) is 1. The Morgan fingerprint density at radius 1 is 0.857 bits per heavy atom. The summed E-state index contributed by atoms with van der Waals surface area (Å²) in [6.07, 6.45) is 10.7. The second-order valence-corrected chi connectivity index (χ2v) is 9.69. The summed E-state index contributed by atoms with van der Waals surface area (Å²) in [5, 5.41) is 0. The Morgan fingerprint density at radius 2 is 1.50 bits per heavy atom. The zero-order valence-electron chi connectivity index (χ0n) is 23.5. The van der Waals surface area contributed by atoms with E-state index in [1.807, 2.05) is 73.0 Å². The van der Waals surface area contributed by atoms with E-state index in [1.54, 1.807) is 4.49 Å². The number of ether oxygens (including phenoxy) is 2. The van der Waals surface area contributed by atoms with Crippen LogP contribution >= 0.6 is 0 Å². The van der Waals surface area contributed by atoms with Crippen molar-refractivity contribution in [2.24, 2.45) is 5.73 Å². The first-order chi connectivity index (χ1) is 19.6. The van der Waals surface area contributed by atoms with E-state index in [1.165, 1.54) is 0 Å². The van der Waals surface area contributed by atoms with Crippen LogP contribution in [0.1, 0.15) is 40.1 Å². The molecule has 2 heterocycles. The lowest BCUT2D eigenvalue weighted by atomic mass is 10.0. The summed E-state index contributed by atoms with van der Waals surface area (Å²) >= 11 is 0. The van der Waals surface area contributed by atoms with Gasteiger partial charge in [0.2, 0.25) is 0 Å². The van der Waals surface area contributed by atoms with Gasteiger partial charge in [0.05, 0.1) is 5.69 Å². The number of nitrogens with zero attached hydrogens (tertiary/aromatic N) is 1. The first-order valence-corrected chi connectivity index (χ1v) is 13.4. The molecule has 0 unspecified atom stereocenters. The SMILES string of the molecule is F.F.[B][N+]1=CC=CC1=C(CCN)c1[nH]c(/C=C/c2ccc(OCc3ccccc3)c(OCc3ccccc3)c2)cc1C. The van der Waals surface area contributed by atoms with Crippen LogP contribution < -0.4 is 15.2 Å². The Morgan fingerprint density at radius 3 is 2.10 bits per heavy atom. The summed E-state index contributed by atoms with van der Waals surface area (Å²) in [6, 6.07) is 28.4. The average Bonchev–Trinajstić information content (AvgIpc) is 3.58. The van der Waals surface area contributed by atoms with Gasteiger partial charge < -0.3 is 20.2 Å². The molecular formula is C34H35BF2N3O2+. The Bertz CT molecular complexity index is 1580. The van der Waals surface area contributed by atoms with Gasteiger partial charge in [0.1, 0.15) is 19.4 Å². The summed E-state index contributed by atoms with van der Waals surface area (Å²) in [7, 11) is 6.15. The van der Waals surface area contributed by atoms with E-state index in [0.29, 0.717) is 31.3 Å². The molecule has 4 aromatic rings. The van der Waals surface area contributed by atoms with Crippen LogP contribution in [0.4, 0.5) is 9.41 Å². The molecule has 3 aromatic carbocycles. The monoisotopic (exact) mass is 566 g/mol. The Hall–Kier alpha value is -4.69. The van der Waals surface area contributed by atoms with Gasteiger partial charge in [-0.3, -0.25) is 13.9 Å². The van der Waals surface area contributed by atoms with E-state index in [2.05, 4.69) is 54.4 Å². The molecule has 42 heavy (non-hydrogen) atoms. The van der Waals surface area contributed by atoms with Gasteiger partial charge in [0.15, 0.2) is 17.2 Å². The molecule has 0 spiro atoms. The lowest BCUT2D eigenvalue weighted by molar-refractivity contribution is -0.294. The third-order valence-corrected chi connectivity index (χ3v) is 6.72. The van der Waals surface area contributed by atoms with Crippen LogP contribution in [0.25, 0.3) is 17.7 Å². The molecule has 0 saturated heterocycles. The lowest BCUT2D eigenvalue weighted by Crippen LogP contribution is -2.09. The van der Waals surface area contributed by atoms with Crippen LogP contribution in [-0.2, 0) is 13.2 Å². The molecule has 1 aromatic heterocycles. The molecular weight excluding hydrogens is 531 g/mol. The number of benzene rings is 3. The number of H-pyrrole nitrogens is 1. The number of allylic oxidation sites excluding steroid dienone is 2. The Kier molecular flexibility index (Phi) is 11.6. The molecule has 0 aliphatic carbocycles. The highest BCUT2D eigenvalue weighted by Gasteiger charge is 2.20. The molecule has 214 valence electrons. The molecule has 3 N–H and O–H groups in total. The van der Waals surface area contributed by atoms with Crippen LogP contribution in [0.2, 0.25) is 0 Å². The van der Waals surface area contributed by atoms with Crippen molar-refractivity contribution in [3.8, 4) is 11.5 Å². The highest BCUT2D eigenvalue weighted by molar-refractivity contribution is 6.01. The molecule has 0 bridgehead atoms. The normalized spacial score (nSPS) is 13.3. The van der Waals surface area contributed by atoms with Crippen molar-refractivity contribution < 1.29 is 23.4 Å². The van der Waals surface area contributed by atoms with Crippen LogP contribution in [0, 0.1) is 6.92 Å². The number of rotatable bonds is 11. The fourth-order valence-corrected chi connectivity index (χ4v) is 4.68. The maximum absolute atomic E-state index is 6.24. The van der Waals surface area contributed by atoms with Gasteiger partial charge in [-0.1, -0.05) is 72.8 Å². The van der Waals surface area contributed by atoms with Gasteiger partial charge >= 0.3 is 7.98 Å². The second-order valence-electron chi connectivity index (χ2n) is 9.69. The quantitative estimate of drug-likeness (QED) is 0.198. The molecule has 0 amide bonds. The van der Waals surface area contributed by atoms with Crippen molar-refractivity contribution >= 4 is 31.9 Å². The van der Waals surface area contributed by atoms with Crippen LogP contribution in [0.5, 0.6) is 11.5 Å². The minimum absolute atomic E-state index is 0. The zero-order chi connectivity index (χ0) is 27.7. The molecule has 5 rings (SSSR count). The van der Waals surface area contributed by atoms with Gasteiger partial charge in [-0.15, -0.1) is 0 Å². The Balaban J connectivity index is 0.00000242.